The summed E-state index contributed by atoms with van der Waals surface area (Å²) in [6.07, 6.45) is 13.0. The number of unbranched alkanes of at least 4 members (excludes halogenated alkanes) is 9. The van der Waals surface area contributed by atoms with Gasteiger partial charge >= 0.3 is 7.82 Å². The van der Waals surface area contributed by atoms with Gasteiger partial charge in [0.1, 0.15) is 10.8 Å². The Balaban J connectivity index is 3.20. The lowest BCUT2D eigenvalue weighted by molar-refractivity contribution is 0.117. The summed E-state index contributed by atoms with van der Waals surface area (Å²) < 4.78 is 31.7. The Labute approximate surface area is 191 Å². The molecule has 1 atom stereocenters. The van der Waals surface area contributed by atoms with Crippen LogP contribution in [0.2, 0.25) is 0 Å². The molecule has 0 aliphatic carbocycles. The van der Waals surface area contributed by atoms with Gasteiger partial charge < -0.3 is 19.1 Å². The van der Waals surface area contributed by atoms with Crippen LogP contribution in [-0.2, 0) is 23.1 Å². The molecular weight excluding hydrogens is 454 g/mol. The predicted molar refractivity (Wildman–Crippen MR) is 121 cm³/mol. The third kappa shape index (κ3) is 24.4. The van der Waals surface area contributed by atoms with Gasteiger partial charge in [-0.3, -0.25) is 9.42 Å². The molecule has 0 aliphatic heterocycles. The van der Waals surface area contributed by atoms with E-state index in [0.717, 1.165) is 96.9 Å². The van der Waals surface area contributed by atoms with Gasteiger partial charge in [-0.2, -0.15) is 0 Å². The van der Waals surface area contributed by atoms with Gasteiger partial charge in [-0.05, 0) is 38.5 Å². The van der Waals surface area contributed by atoms with Gasteiger partial charge in [-0.15, -0.1) is 0 Å². The number of phosphoric acid groups is 1. The van der Waals surface area contributed by atoms with Gasteiger partial charge in [-0.1, -0.05) is 61.7 Å². The van der Waals surface area contributed by atoms with E-state index < -0.39 is 7.82 Å². The SMILES string of the molecule is O=P(O)(OC=C(Cl)Cl)OCCCCCCOCCCCCCOCCCCCCO. The smallest absolute Gasteiger partial charge is 0.410 e. The summed E-state index contributed by atoms with van der Waals surface area (Å²) >= 11 is 10.6. The Morgan fingerprint density at radius 3 is 1.50 bits per heavy atom. The minimum Gasteiger partial charge on any atom is -0.410 e. The first-order valence-corrected chi connectivity index (χ1v) is 13.2. The molecule has 10 heteroatoms. The van der Waals surface area contributed by atoms with Crippen LogP contribution in [0.4, 0.5) is 0 Å². The predicted octanol–water partition coefficient (Wildman–Crippen LogP) is 6.10. The Morgan fingerprint density at radius 2 is 1.10 bits per heavy atom. The summed E-state index contributed by atoms with van der Waals surface area (Å²) in [5.41, 5.74) is 0. The zero-order valence-corrected chi connectivity index (χ0v) is 20.4. The van der Waals surface area contributed by atoms with Crippen LogP contribution in [0.1, 0.15) is 77.0 Å². The molecule has 0 rings (SSSR count). The highest BCUT2D eigenvalue weighted by Gasteiger charge is 2.20. The Bertz CT molecular complexity index is 449. The summed E-state index contributed by atoms with van der Waals surface area (Å²) in [7, 11) is -4.13. The molecular formula is C20H39Cl2O7P. The summed E-state index contributed by atoms with van der Waals surface area (Å²) in [5.74, 6) is 0. The minimum atomic E-state index is -4.13. The Morgan fingerprint density at radius 1 is 0.700 bits per heavy atom. The lowest BCUT2D eigenvalue weighted by atomic mass is 10.2. The number of hydrogen-bond donors (Lipinski definition) is 2. The second-order valence-corrected chi connectivity index (χ2v) is 9.42. The fourth-order valence-electron chi connectivity index (χ4n) is 2.61. The van der Waals surface area contributed by atoms with Crippen LogP contribution in [0.15, 0.2) is 10.8 Å². The first kappa shape index (κ1) is 30.1. The number of hydrogen-bond acceptors (Lipinski definition) is 6. The molecule has 30 heavy (non-hydrogen) atoms. The molecule has 7 nitrogen and oxygen atoms in total. The van der Waals surface area contributed by atoms with E-state index in [1.807, 2.05) is 0 Å². The highest BCUT2D eigenvalue weighted by atomic mass is 35.5. The summed E-state index contributed by atoms with van der Waals surface area (Å²) in [5, 5.41) is 8.69. The second-order valence-electron chi connectivity index (χ2n) is 7.01. The van der Waals surface area contributed by atoms with E-state index in [4.69, 9.17) is 42.3 Å². The van der Waals surface area contributed by atoms with Gasteiger partial charge in [-0.25, -0.2) is 4.57 Å². The lowest BCUT2D eigenvalue weighted by Crippen LogP contribution is -2.00. The van der Waals surface area contributed by atoms with Gasteiger partial charge in [0.15, 0.2) is 0 Å². The molecule has 2 N–H and O–H groups in total. The van der Waals surface area contributed by atoms with E-state index in [-0.39, 0.29) is 17.7 Å². The molecule has 1 unspecified atom stereocenters. The van der Waals surface area contributed by atoms with Crippen molar-refractivity contribution in [1.82, 2.24) is 0 Å². The van der Waals surface area contributed by atoms with Crippen LogP contribution in [-0.4, -0.2) is 49.6 Å². The average Bonchev–Trinajstić information content (AvgIpc) is 2.71. The molecule has 180 valence electrons. The van der Waals surface area contributed by atoms with E-state index in [0.29, 0.717) is 6.42 Å². The second kappa shape index (κ2) is 22.3. The first-order chi connectivity index (χ1) is 14.5. The Kier molecular flexibility index (Phi) is 22.5. The van der Waals surface area contributed by atoms with Gasteiger partial charge in [0.25, 0.3) is 0 Å². The van der Waals surface area contributed by atoms with E-state index in [1.54, 1.807) is 0 Å². The minimum absolute atomic E-state index is 0.135. The zero-order valence-electron chi connectivity index (χ0n) is 17.9. The topological polar surface area (TPSA) is 94.5 Å². The monoisotopic (exact) mass is 492 g/mol. The number of rotatable bonds is 23. The van der Waals surface area contributed by atoms with Gasteiger partial charge in [0, 0.05) is 33.0 Å². The third-order valence-electron chi connectivity index (χ3n) is 4.24. The van der Waals surface area contributed by atoms with Crippen molar-refractivity contribution in [2.75, 3.05) is 39.6 Å². The molecule has 0 radical (unpaired) electrons. The highest BCUT2D eigenvalue weighted by Crippen LogP contribution is 2.44. The van der Waals surface area contributed by atoms with E-state index in [2.05, 4.69) is 4.52 Å². The molecule has 0 aromatic rings. The molecule has 0 aromatic carbocycles. The number of halogens is 2. The largest absolute Gasteiger partial charge is 0.526 e. The summed E-state index contributed by atoms with van der Waals surface area (Å²) in [4.78, 5) is 9.33. The summed E-state index contributed by atoms with van der Waals surface area (Å²) in [6, 6.07) is 0. The van der Waals surface area contributed by atoms with E-state index >= 15 is 0 Å². The van der Waals surface area contributed by atoms with Crippen molar-refractivity contribution in [2.24, 2.45) is 0 Å². The van der Waals surface area contributed by atoms with Crippen LogP contribution < -0.4 is 0 Å². The van der Waals surface area contributed by atoms with Crippen molar-refractivity contribution in [3.05, 3.63) is 10.8 Å². The molecule has 0 heterocycles. The molecule has 0 aromatic heterocycles. The number of ether oxygens (including phenoxy) is 2. The molecule has 0 amide bonds. The molecule has 0 aliphatic rings. The summed E-state index contributed by atoms with van der Waals surface area (Å²) in [6.45, 7) is 3.61. The van der Waals surface area contributed by atoms with Crippen LogP contribution in [0.5, 0.6) is 0 Å². The lowest BCUT2D eigenvalue weighted by Gasteiger charge is -2.10. The van der Waals surface area contributed by atoms with Crippen molar-refractivity contribution in [3.63, 3.8) is 0 Å². The fraction of sp³-hybridized carbons (Fsp3) is 0.900. The molecule has 0 bridgehead atoms. The highest BCUT2D eigenvalue weighted by molar-refractivity contribution is 7.47. The van der Waals surface area contributed by atoms with Crippen molar-refractivity contribution in [1.29, 1.82) is 0 Å². The van der Waals surface area contributed by atoms with Crippen LogP contribution in [0.3, 0.4) is 0 Å². The first-order valence-electron chi connectivity index (χ1n) is 10.9. The average molecular weight is 493 g/mol. The van der Waals surface area contributed by atoms with Crippen molar-refractivity contribution >= 4 is 31.0 Å². The fourth-order valence-corrected chi connectivity index (χ4v) is 3.48. The quantitative estimate of drug-likeness (QED) is 0.101. The molecule has 0 spiro atoms. The van der Waals surface area contributed by atoms with Crippen molar-refractivity contribution in [2.45, 2.75) is 77.0 Å². The number of aliphatic hydroxyl groups is 1. The number of aliphatic hydroxyl groups excluding tert-OH is 1. The van der Waals surface area contributed by atoms with E-state index in [1.165, 1.54) is 6.42 Å². The molecule has 0 saturated carbocycles. The van der Waals surface area contributed by atoms with Crippen LogP contribution in [0.25, 0.3) is 0 Å². The van der Waals surface area contributed by atoms with Crippen LogP contribution in [0, 0.1) is 0 Å². The Hall–Kier alpha value is 0.150. The maximum atomic E-state index is 11.4. The maximum Gasteiger partial charge on any atom is 0.526 e. The third-order valence-corrected chi connectivity index (χ3v) is 5.30. The van der Waals surface area contributed by atoms with Crippen LogP contribution >= 0.6 is 31.0 Å². The van der Waals surface area contributed by atoms with Crippen molar-refractivity contribution in [3.8, 4) is 0 Å². The standard InChI is InChI=1S/C20H39Cl2O7P/c21-20(22)19-29-30(24,25)28-18-12-6-5-11-17-27-16-10-4-3-9-15-26-14-8-2-1-7-13-23/h19,23H,1-18H2,(H,24,25). The zero-order chi connectivity index (χ0) is 22.3. The normalized spacial score (nSPS) is 13.2. The van der Waals surface area contributed by atoms with Gasteiger partial charge in [0.05, 0.1) is 6.61 Å². The number of phosphoric ester groups is 1. The molecule has 0 saturated heterocycles. The van der Waals surface area contributed by atoms with E-state index in [9.17, 15) is 9.46 Å². The van der Waals surface area contributed by atoms with Crippen molar-refractivity contribution < 1.29 is 33.1 Å². The maximum absolute atomic E-state index is 11.4. The van der Waals surface area contributed by atoms with Gasteiger partial charge in [0.2, 0.25) is 0 Å². The molecule has 0 fully saturated rings.